The number of benzene rings is 1. The summed E-state index contributed by atoms with van der Waals surface area (Å²) in [6.07, 6.45) is 2.98. The summed E-state index contributed by atoms with van der Waals surface area (Å²) in [5.74, 6) is 0. The van der Waals surface area contributed by atoms with E-state index in [1.807, 2.05) is 13.2 Å². The summed E-state index contributed by atoms with van der Waals surface area (Å²) in [6.45, 7) is 4.31. The highest BCUT2D eigenvalue weighted by atomic mass is 32.1. The monoisotopic (exact) mass is 296 g/mol. The zero-order valence-electron chi connectivity index (χ0n) is 12.7. The van der Waals surface area contributed by atoms with Crippen LogP contribution >= 0.6 is 11.3 Å². The van der Waals surface area contributed by atoms with E-state index in [1.165, 1.54) is 27.0 Å². The van der Waals surface area contributed by atoms with Crippen LogP contribution < -0.4 is 5.32 Å². The Morgan fingerprint density at radius 1 is 1.14 bits per heavy atom. The van der Waals surface area contributed by atoms with Crippen LogP contribution in [0.2, 0.25) is 0 Å². The smallest absolute Gasteiger partial charge is 0.0809 e. The highest BCUT2D eigenvalue weighted by molar-refractivity contribution is 7.17. The summed E-state index contributed by atoms with van der Waals surface area (Å²) in [6, 6.07) is 11.4. The van der Waals surface area contributed by atoms with Crippen LogP contribution in [0, 0.1) is 13.8 Å². The molecule has 3 aromatic rings. The molecule has 21 heavy (non-hydrogen) atoms. The molecule has 0 aliphatic rings. The molecule has 0 aliphatic carbocycles. The molecule has 0 bridgehead atoms. The van der Waals surface area contributed by atoms with E-state index in [2.05, 4.69) is 59.9 Å². The SMILES string of the molecule is CNC(Cc1cc(C)cc(C)c1)c1cnc2ccsc2c1. The van der Waals surface area contributed by atoms with Crippen LogP contribution in [0.4, 0.5) is 0 Å². The van der Waals surface area contributed by atoms with Gasteiger partial charge in [-0.2, -0.15) is 0 Å². The topological polar surface area (TPSA) is 24.9 Å². The maximum absolute atomic E-state index is 4.56. The fourth-order valence-corrected chi connectivity index (χ4v) is 3.65. The maximum atomic E-state index is 4.56. The summed E-state index contributed by atoms with van der Waals surface area (Å²) >= 11 is 1.75. The summed E-state index contributed by atoms with van der Waals surface area (Å²) in [7, 11) is 2.02. The average Bonchev–Trinajstić information content (AvgIpc) is 2.91. The second kappa shape index (κ2) is 5.96. The van der Waals surface area contributed by atoms with E-state index < -0.39 is 0 Å². The van der Waals surface area contributed by atoms with Gasteiger partial charge in [-0.05, 0) is 56.0 Å². The van der Waals surface area contributed by atoms with Gasteiger partial charge >= 0.3 is 0 Å². The zero-order valence-corrected chi connectivity index (χ0v) is 13.5. The van der Waals surface area contributed by atoms with Gasteiger partial charge in [0.1, 0.15) is 0 Å². The zero-order chi connectivity index (χ0) is 14.8. The van der Waals surface area contributed by atoms with Crippen molar-refractivity contribution >= 4 is 21.6 Å². The van der Waals surface area contributed by atoms with Crippen LogP contribution in [0.15, 0.2) is 41.9 Å². The van der Waals surface area contributed by atoms with Crippen molar-refractivity contribution in [2.24, 2.45) is 0 Å². The number of nitrogens with zero attached hydrogens (tertiary/aromatic N) is 1. The van der Waals surface area contributed by atoms with Crippen molar-refractivity contribution in [3.63, 3.8) is 0 Å². The summed E-state index contributed by atoms with van der Waals surface area (Å²) in [4.78, 5) is 4.56. The molecule has 3 rings (SSSR count). The number of aromatic nitrogens is 1. The predicted molar refractivity (Wildman–Crippen MR) is 91.0 cm³/mol. The molecule has 0 aliphatic heterocycles. The molecule has 0 spiro atoms. The Labute approximate surface area is 129 Å². The molecular formula is C18H20N2S. The van der Waals surface area contributed by atoms with Crippen molar-refractivity contribution in [2.75, 3.05) is 7.05 Å². The molecule has 2 aromatic heterocycles. The molecule has 0 radical (unpaired) electrons. The largest absolute Gasteiger partial charge is 0.313 e. The van der Waals surface area contributed by atoms with Gasteiger partial charge in [-0.3, -0.25) is 4.98 Å². The average molecular weight is 296 g/mol. The predicted octanol–water partition coefficient (Wildman–Crippen LogP) is 4.42. The fraction of sp³-hybridized carbons (Fsp3) is 0.278. The van der Waals surface area contributed by atoms with Gasteiger partial charge in [-0.25, -0.2) is 0 Å². The summed E-state index contributed by atoms with van der Waals surface area (Å²) in [5, 5.41) is 5.52. The van der Waals surface area contributed by atoms with Gasteiger partial charge < -0.3 is 5.32 Å². The second-order valence-corrected chi connectivity index (χ2v) is 6.56. The first-order chi connectivity index (χ1) is 10.2. The summed E-state index contributed by atoms with van der Waals surface area (Å²) in [5.41, 5.74) is 6.37. The molecule has 2 nitrogen and oxygen atoms in total. The van der Waals surface area contributed by atoms with Crippen molar-refractivity contribution in [3.8, 4) is 0 Å². The van der Waals surface area contributed by atoms with Crippen LogP contribution in [-0.2, 0) is 6.42 Å². The van der Waals surface area contributed by atoms with E-state index >= 15 is 0 Å². The molecule has 1 unspecified atom stereocenters. The first kappa shape index (κ1) is 14.2. The molecule has 0 saturated carbocycles. The first-order valence-electron chi connectivity index (χ1n) is 7.23. The molecule has 1 aromatic carbocycles. The molecule has 3 heteroatoms. The van der Waals surface area contributed by atoms with Crippen LogP contribution in [0.3, 0.4) is 0 Å². The standard InChI is InChI=1S/C18H20N2S/c1-12-6-13(2)8-14(7-12)9-17(19-3)15-10-18-16(20-11-15)4-5-21-18/h4-8,10-11,17,19H,9H2,1-3H3. The van der Waals surface area contributed by atoms with Crippen LogP contribution in [0.25, 0.3) is 10.2 Å². The Morgan fingerprint density at radius 2 is 1.90 bits per heavy atom. The quantitative estimate of drug-likeness (QED) is 0.771. The lowest BCUT2D eigenvalue weighted by Gasteiger charge is -2.17. The number of nitrogens with one attached hydrogen (secondary N) is 1. The third-order valence-corrected chi connectivity index (χ3v) is 4.65. The van der Waals surface area contributed by atoms with Crippen molar-refractivity contribution in [2.45, 2.75) is 26.3 Å². The lowest BCUT2D eigenvalue weighted by molar-refractivity contribution is 0.590. The Bertz CT molecular complexity index is 741. The number of thiophene rings is 1. The minimum atomic E-state index is 0.296. The molecule has 0 fully saturated rings. The van der Waals surface area contributed by atoms with E-state index in [-0.39, 0.29) is 0 Å². The maximum Gasteiger partial charge on any atom is 0.0809 e. The Morgan fingerprint density at radius 3 is 2.62 bits per heavy atom. The van der Waals surface area contributed by atoms with Gasteiger partial charge in [0.05, 0.1) is 10.2 Å². The number of hydrogen-bond donors (Lipinski definition) is 1. The third kappa shape index (κ3) is 3.14. The van der Waals surface area contributed by atoms with Gasteiger partial charge in [0.2, 0.25) is 0 Å². The van der Waals surface area contributed by atoms with E-state index in [9.17, 15) is 0 Å². The van der Waals surface area contributed by atoms with Crippen molar-refractivity contribution < 1.29 is 0 Å². The van der Waals surface area contributed by atoms with Crippen LogP contribution in [-0.4, -0.2) is 12.0 Å². The van der Waals surface area contributed by atoms with Crippen molar-refractivity contribution in [1.29, 1.82) is 0 Å². The molecule has 1 N–H and O–H groups in total. The Hall–Kier alpha value is -1.71. The first-order valence-corrected chi connectivity index (χ1v) is 8.11. The third-order valence-electron chi connectivity index (χ3n) is 3.80. The second-order valence-electron chi connectivity index (χ2n) is 5.61. The lowest BCUT2D eigenvalue weighted by atomic mass is 9.97. The number of fused-ring (bicyclic) bond motifs is 1. The van der Waals surface area contributed by atoms with Gasteiger partial charge in [0.15, 0.2) is 0 Å². The Kier molecular flexibility index (Phi) is 4.04. The molecule has 1 atom stereocenters. The minimum Gasteiger partial charge on any atom is -0.313 e. The van der Waals surface area contributed by atoms with Gasteiger partial charge in [-0.15, -0.1) is 11.3 Å². The number of likely N-dealkylation sites (N-methyl/N-ethyl adjacent to an activating group) is 1. The lowest BCUT2D eigenvalue weighted by Crippen LogP contribution is -2.19. The van der Waals surface area contributed by atoms with E-state index in [1.54, 1.807) is 11.3 Å². The molecule has 108 valence electrons. The van der Waals surface area contributed by atoms with Gasteiger partial charge in [-0.1, -0.05) is 29.3 Å². The number of aryl methyl sites for hydroxylation is 2. The molecule has 0 amide bonds. The summed E-state index contributed by atoms with van der Waals surface area (Å²) < 4.78 is 1.26. The van der Waals surface area contributed by atoms with Crippen molar-refractivity contribution in [1.82, 2.24) is 10.3 Å². The Balaban J connectivity index is 1.90. The highest BCUT2D eigenvalue weighted by Crippen LogP contribution is 2.25. The fourth-order valence-electron chi connectivity index (χ4n) is 2.86. The minimum absolute atomic E-state index is 0.296. The van der Waals surface area contributed by atoms with Crippen LogP contribution in [0.1, 0.15) is 28.3 Å². The normalized spacial score (nSPS) is 12.7. The van der Waals surface area contributed by atoms with Crippen molar-refractivity contribution in [3.05, 3.63) is 64.2 Å². The highest BCUT2D eigenvalue weighted by Gasteiger charge is 2.12. The van der Waals surface area contributed by atoms with Crippen LogP contribution in [0.5, 0.6) is 0 Å². The van der Waals surface area contributed by atoms with Gasteiger partial charge in [0, 0.05) is 12.2 Å². The van der Waals surface area contributed by atoms with Gasteiger partial charge in [0.25, 0.3) is 0 Å². The van der Waals surface area contributed by atoms with E-state index in [4.69, 9.17) is 0 Å². The van der Waals surface area contributed by atoms with E-state index in [0.29, 0.717) is 6.04 Å². The van der Waals surface area contributed by atoms with E-state index in [0.717, 1.165) is 11.9 Å². The molecule has 2 heterocycles. The number of hydrogen-bond acceptors (Lipinski definition) is 3. The molecular weight excluding hydrogens is 276 g/mol. The number of rotatable bonds is 4. The number of pyridine rings is 1. The molecule has 0 saturated heterocycles.